The Kier molecular flexibility index (Phi) is 7.25. The first-order chi connectivity index (χ1) is 14.7. The number of nitrogens with one attached hydrogen (secondary N) is 1. The van der Waals surface area contributed by atoms with Gasteiger partial charge in [-0.2, -0.15) is 0 Å². The van der Waals surface area contributed by atoms with E-state index in [1.54, 1.807) is 42.5 Å². The fourth-order valence-electron chi connectivity index (χ4n) is 2.88. The van der Waals surface area contributed by atoms with E-state index in [0.717, 1.165) is 9.87 Å². The summed E-state index contributed by atoms with van der Waals surface area (Å²) in [5.74, 6) is -0.251. The number of rotatable bonds is 7. The van der Waals surface area contributed by atoms with Crippen LogP contribution in [0.15, 0.2) is 76.1 Å². The van der Waals surface area contributed by atoms with Crippen molar-refractivity contribution in [1.82, 2.24) is 0 Å². The van der Waals surface area contributed by atoms with E-state index in [0.29, 0.717) is 15.2 Å². The maximum atomic E-state index is 13.5. The summed E-state index contributed by atoms with van der Waals surface area (Å²) >= 11 is 9.51. The Labute approximate surface area is 195 Å². The molecular weight excluding hydrogens is 504 g/mol. The largest absolute Gasteiger partial charge is 0.495 e. The number of aryl methyl sites for hydroxylation is 1. The molecule has 0 aliphatic carbocycles. The number of para-hydroxylation sites is 1. The van der Waals surface area contributed by atoms with E-state index in [2.05, 4.69) is 21.2 Å². The molecule has 9 heteroatoms. The molecule has 1 amide bonds. The molecule has 3 aromatic carbocycles. The zero-order chi connectivity index (χ0) is 22.6. The highest BCUT2D eigenvalue weighted by Gasteiger charge is 2.30. The maximum absolute atomic E-state index is 13.5. The van der Waals surface area contributed by atoms with Crippen molar-refractivity contribution in [3.63, 3.8) is 0 Å². The molecule has 0 unspecified atom stereocenters. The van der Waals surface area contributed by atoms with Gasteiger partial charge in [0, 0.05) is 9.50 Å². The quantitative estimate of drug-likeness (QED) is 0.459. The Morgan fingerprint density at radius 3 is 2.42 bits per heavy atom. The van der Waals surface area contributed by atoms with Gasteiger partial charge in [-0.05, 0) is 65.3 Å². The summed E-state index contributed by atoms with van der Waals surface area (Å²) in [6.07, 6.45) is 0. The van der Waals surface area contributed by atoms with Crippen LogP contribution in [0.4, 0.5) is 11.4 Å². The van der Waals surface area contributed by atoms with Gasteiger partial charge in [0.25, 0.3) is 10.0 Å². The summed E-state index contributed by atoms with van der Waals surface area (Å²) < 4.78 is 34.1. The number of nitrogens with zero attached hydrogens (tertiary/aromatic N) is 1. The lowest BCUT2D eigenvalue weighted by Gasteiger charge is -2.26. The second kappa shape index (κ2) is 9.72. The second-order valence-corrected chi connectivity index (χ2v) is 9.82. The molecule has 0 fully saturated rings. The molecule has 3 rings (SSSR count). The van der Waals surface area contributed by atoms with Gasteiger partial charge in [0.2, 0.25) is 5.91 Å². The number of anilines is 2. The Morgan fingerprint density at radius 1 is 1.10 bits per heavy atom. The Balaban J connectivity index is 2.04. The third kappa shape index (κ3) is 5.39. The van der Waals surface area contributed by atoms with Crippen LogP contribution in [-0.2, 0) is 14.8 Å². The number of amides is 1. The number of methoxy groups -OCH3 is 1. The average molecular weight is 524 g/mol. The lowest BCUT2D eigenvalue weighted by atomic mass is 10.2. The minimum atomic E-state index is -4.10. The van der Waals surface area contributed by atoms with Gasteiger partial charge in [0.15, 0.2) is 0 Å². The second-order valence-electron chi connectivity index (χ2n) is 6.67. The number of halogens is 2. The Morgan fingerprint density at radius 2 is 1.77 bits per heavy atom. The minimum Gasteiger partial charge on any atom is -0.495 e. The lowest BCUT2D eigenvalue weighted by Crippen LogP contribution is -2.38. The summed E-state index contributed by atoms with van der Waals surface area (Å²) in [5, 5.41) is 3.04. The highest BCUT2D eigenvalue weighted by molar-refractivity contribution is 9.10. The van der Waals surface area contributed by atoms with Crippen molar-refractivity contribution in [1.29, 1.82) is 0 Å². The van der Waals surface area contributed by atoms with Crippen LogP contribution < -0.4 is 14.4 Å². The van der Waals surface area contributed by atoms with Crippen molar-refractivity contribution < 1.29 is 17.9 Å². The van der Waals surface area contributed by atoms with E-state index < -0.39 is 22.5 Å². The van der Waals surface area contributed by atoms with Gasteiger partial charge in [-0.25, -0.2) is 8.42 Å². The van der Waals surface area contributed by atoms with Gasteiger partial charge in [0.1, 0.15) is 12.3 Å². The summed E-state index contributed by atoms with van der Waals surface area (Å²) in [4.78, 5) is 12.9. The molecule has 0 aliphatic heterocycles. The van der Waals surface area contributed by atoms with Gasteiger partial charge in [-0.1, -0.05) is 41.4 Å². The van der Waals surface area contributed by atoms with Crippen LogP contribution in [-0.4, -0.2) is 28.0 Å². The fraction of sp³-hybridized carbons (Fsp3) is 0.136. The molecule has 0 bridgehead atoms. The molecule has 0 saturated heterocycles. The molecule has 0 saturated carbocycles. The molecular formula is C22H20BrClN2O4S. The first-order valence-corrected chi connectivity index (χ1v) is 11.8. The number of hydrogen-bond donors (Lipinski definition) is 1. The van der Waals surface area contributed by atoms with Crippen molar-refractivity contribution in [3.8, 4) is 5.75 Å². The predicted octanol–water partition coefficient (Wildman–Crippen LogP) is 5.25. The zero-order valence-electron chi connectivity index (χ0n) is 16.8. The molecule has 6 nitrogen and oxygen atoms in total. The zero-order valence-corrected chi connectivity index (χ0v) is 20.0. The third-order valence-electron chi connectivity index (χ3n) is 4.45. The molecule has 0 aromatic heterocycles. The van der Waals surface area contributed by atoms with Crippen LogP contribution in [0.2, 0.25) is 5.02 Å². The number of sulfonamides is 1. The van der Waals surface area contributed by atoms with Crippen molar-refractivity contribution >= 4 is 54.8 Å². The number of benzene rings is 3. The molecule has 0 aliphatic rings. The predicted molar refractivity (Wildman–Crippen MR) is 126 cm³/mol. The van der Waals surface area contributed by atoms with Gasteiger partial charge >= 0.3 is 0 Å². The molecule has 3 aromatic rings. The van der Waals surface area contributed by atoms with E-state index in [-0.39, 0.29) is 16.3 Å². The van der Waals surface area contributed by atoms with E-state index in [4.69, 9.17) is 16.3 Å². The van der Waals surface area contributed by atoms with Crippen molar-refractivity contribution in [2.75, 3.05) is 23.3 Å². The Bertz CT molecular complexity index is 1200. The lowest BCUT2D eigenvalue weighted by molar-refractivity contribution is -0.114. The normalized spacial score (nSPS) is 11.1. The van der Waals surface area contributed by atoms with Crippen LogP contribution in [0.5, 0.6) is 5.75 Å². The van der Waals surface area contributed by atoms with E-state index >= 15 is 0 Å². The topological polar surface area (TPSA) is 75.7 Å². The monoisotopic (exact) mass is 522 g/mol. The number of carbonyl (C=O) groups is 1. The summed E-state index contributed by atoms with van der Waals surface area (Å²) in [6, 6.07) is 18.0. The van der Waals surface area contributed by atoms with Crippen LogP contribution in [0, 0.1) is 6.92 Å². The van der Waals surface area contributed by atoms with E-state index in [1.807, 2.05) is 13.0 Å². The Hall–Kier alpha value is -2.55. The van der Waals surface area contributed by atoms with Crippen molar-refractivity contribution in [3.05, 3.63) is 81.8 Å². The SMILES string of the molecule is COc1ccc(Cl)cc1N(CC(=O)Nc1ccccc1Br)S(=O)(=O)c1ccc(C)cc1. The van der Waals surface area contributed by atoms with E-state index in [1.165, 1.54) is 25.3 Å². The molecule has 1 N–H and O–H groups in total. The van der Waals surface area contributed by atoms with Crippen molar-refractivity contribution in [2.45, 2.75) is 11.8 Å². The smallest absolute Gasteiger partial charge is 0.264 e. The molecule has 0 heterocycles. The average Bonchev–Trinajstić information content (AvgIpc) is 2.74. The number of carbonyl (C=O) groups excluding carboxylic acids is 1. The van der Waals surface area contributed by atoms with Gasteiger partial charge in [-0.15, -0.1) is 0 Å². The van der Waals surface area contributed by atoms with Crippen LogP contribution in [0.25, 0.3) is 0 Å². The molecule has 162 valence electrons. The van der Waals surface area contributed by atoms with Gasteiger partial charge in [0.05, 0.1) is 23.4 Å². The fourth-order valence-corrected chi connectivity index (χ4v) is 4.85. The summed E-state index contributed by atoms with van der Waals surface area (Å²) in [6.45, 7) is 1.38. The first kappa shape index (κ1) is 23.1. The van der Waals surface area contributed by atoms with Crippen LogP contribution in [0.1, 0.15) is 5.56 Å². The van der Waals surface area contributed by atoms with Gasteiger partial charge in [-0.3, -0.25) is 9.10 Å². The third-order valence-corrected chi connectivity index (χ3v) is 7.15. The van der Waals surface area contributed by atoms with Gasteiger partial charge < -0.3 is 10.1 Å². The molecule has 31 heavy (non-hydrogen) atoms. The maximum Gasteiger partial charge on any atom is 0.264 e. The molecule has 0 atom stereocenters. The summed E-state index contributed by atoms with van der Waals surface area (Å²) in [7, 11) is -2.67. The molecule has 0 radical (unpaired) electrons. The highest BCUT2D eigenvalue weighted by atomic mass is 79.9. The van der Waals surface area contributed by atoms with E-state index in [9.17, 15) is 13.2 Å². The highest BCUT2D eigenvalue weighted by Crippen LogP contribution is 2.35. The molecule has 0 spiro atoms. The number of hydrogen-bond acceptors (Lipinski definition) is 4. The van der Waals surface area contributed by atoms with Crippen LogP contribution in [0.3, 0.4) is 0 Å². The number of ether oxygens (including phenoxy) is 1. The minimum absolute atomic E-state index is 0.0498. The van der Waals surface area contributed by atoms with Crippen LogP contribution >= 0.6 is 27.5 Å². The standard InChI is InChI=1S/C22H20BrClN2O4S/c1-15-7-10-17(11-8-15)31(28,29)26(20-13-16(24)9-12-21(20)30-2)14-22(27)25-19-6-4-3-5-18(19)23/h3-13H,14H2,1-2H3,(H,25,27). The summed E-state index contributed by atoms with van der Waals surface area (Å²) in [5.41, 5.74) is 1.61. The van der Waals surface area contributed by atoms with Crippen molar-refractivity contribution in [2.24, 2.45) is 0 Å². The first-order valence-electron chi connectivity index (χ1n) is 9.19.